The third kappa shape index (κ3) is 2.83. The number of aromatic carboxylic acids is 1. The molecule has 25 heavy (non-hydrogen) atoms. The zero-order chi connectivity index (χ0) is 17.4. The van der Waals surface area contributed by atoms with Gasteiger partial charge in [0.25, 0.3) is 0 Å². The van der Waals surface area contributed by atoms with Gasteiger partial charge in [-0.1, -0.05) is 41.9 Å². The number of fused-ring (bicyclic) bond motifs is 1. The third-order valence-electron chi connectivity index (χ3n) is 4.62. The lowest BCUT2D eigenvalue weighted by molar-refractivity contribution is 0.0699. The fraction of sp³-hybridized carbons (Fsp3) is 0.200. The summed E-state index contributed by atoms with van der Waals surface area (Å²) in [6.45, 7) is 1.70. The van der Waals surface area contributed by atoms with Gasteiger partial charge in [0.15, 0.2) is 0 Å². The van der Waals surface area contributed by atoms with Gasteiger partial charge in [0.2, 0.25) is 0 Å². The fourth-order valence-electron chi connectivity index (χ4n) is 3.48. The van der Waals surface area contributed by atoms with Gasteiger partial charge in [-0.25, -0.2) is 9.78 Å². The Labute approximate surface area is 150 Å². The quantitative estimate of drug-likeness (QED) is 0.731. The van der Waals surface area contributed by atoms with E-state index in [9.17, 15) is 9.90 Å². The average molecular weight is 353 g/mol. The number of carboxylic acids is 1. The van der Waals surface area contributed by atoms with Crippen LogP contribution in [-0.2, 0) is 0 Å². The van der Waals surface area contributed by atoms with E-state index in [2.05, 4.69) is 4.90 Å². The van der Waals surface area contributed by atoms with Crippen LogP contribution in [0.3, 0.4) is 0 Å². The topological polar surface area (TPSA) is 53.4 Å². The zero-order valence-electron chi connectivity index (χ0n) is 13.6. The molecule has 0 unspecified atom stereocenters. The van der Waals surface area contributed by atoms with Gasteiger partial charge in [-0.3, -0.25) is 0 Å². The van der Waals surface area contributed by atoms with Crippen molar-refractivity contribution < 1.29 is 9.90 Å². The third-order valence-corrected chi connectivity index (χ3v) is 4.87. The Kier molecular flexibility index (Phi) is 4.06. The smallest absolute Gasteiger partial charge is 0.338 e. The molecule has 2 aromatic carbocycles. The molecule has 1 aliphatic heterocycles. The largest absolute Gasteiger partial charge is 0.478 e. The molecule has 4 nitrogen and oxygen atoms in total. The Morgan fingerprint density at radius 2 is 1.72 bits per heavy atom. The van der Waals surface area contributed by atoms with E-state index in [1.165, 1.54) is 0 Å². The summed E-state index contributed by atoms with van der Waals surface area (Å²) >= 11 is 6.02. The summed E-state index contributed by atoms with van der Waals surface area (Å²) in [7, 11) is 0. The number of carbonyl (C=O) groups is 1. The van der Waals surface area contributed by atoms with Crippen LogP contribution in [0.25, 0.3) is 22.2 Å². The van der Waals surface area contributed by atoms with Crippen molar-refractivity contribution in [2.75, 3.05) is 18.0 Å². The molecule has 4 rings (SSSR count). The Hall–Kier alpha value is -2.59. The minimum atomic E-state index is -0.921. The Bertz CT molecular complexity index is 948. The van der Waals surface area contributed by atoms with Crippen LogP contribution >= 0.6 is 11.6 Å². The monoisotopic (exact) mass is 352 g/mol. The second-order valence-electron chi connectivity index (χ2n) is 6.21. The molecule has 1 saturated heterocycles. The van der Waals surface area contributed by atoms with Crippen LogP contribution in [0.15, 0.2) is 48.5 Å². The van der Waals surface area contributed by atoms with Gasteiger partial charge < -0.3 is 10.0 Å². The molecule has 0 saturated carbocycles. The maximum atomic E-state index is 12.2. The van der Waals surface area contributed by atoms with Crippen LogP contribution in [0.4, 0.5) is 5.69 Å². The van der Waals surface area contributed by atoms with E-state index in [1.54, 1.807) is 0 Å². The summed E-state index contributed by atoms with van der Waals surface area (Å²) in [5.74, 6) is -0.921. The predicted molar refractivity (Wildman–Crippen MR) is 101 cm³/mol. The summed E-state index contributed by atoms with van der Waals surface area (Å²) in [6.07, 6.45) is 2.12. The lowest BCUT2D eigenvalue weighted by Crippen LogP contribution is -2.22. The lowest BCUT2D eigenvalue weighted by atomic mass is 10.00. The number of hydrogen-bond donors (Lipinski definition) is 1. The molecular formula is C20H17ClN2O2. The van der Waals surface area contributed by atoms with Gasteiger partial charge >= 0.3 is 5.97 Å². The highest BCUT2D eigenvalue weighted by molar-refractivity contribution is 6.30. The fourth-order valence-corrected chi connectivity index (χ4v) is 3.60. The molecule has 0 aliphatic carbocycles. The Morgan fingerprint density at radius 3 is 2.40 bits per heavy atom. The van der Waals surface area contributed by atoms with Crippen molar-refractivity contribution in [3.63, 3.8) is 0 Å². The summed E-state index contributed by atoms with van der Waals surface area (Å²) in [4.78, 5) is 19.1. The van der Waals surface area contributed by atoms with E-state index in [0.29, 0.717) is 32.9 Å². The van der Waals surface area contributed by atoms with E-state index in [1.807, 2.05) is 48.5 Å². The highest BCUT2D eigenvalue weighted by Crippen LogP contribution is 2.38. The SMILES string of the molecule is O=C(O)c1c(N2CCCC2)c(-c2ccc(Cl)cc2)nc2ccccc12. The minimum absolute atomic E-state index is 0.331. The first-order chi connectivity index (χ1) is 12.1. The van der Waals surface area contributed by atoms with Crippen molar-refractivity contribution >= 4 is 34.2 Å². The van der Waals surface area contributed by atoms with Crippen molar-refractivity contribution in [2.45, 2.75) is 12.8 Å². The first-order valence-electron chi connectivity index (χ1n) is 8.32. The van der Waals surface area contributed by atoms with Crippen molar-refractivity contribution in [1.29, 1.82) is 0 Å². The van der Waals surface area contributed by atoms with Gasteiger partial charge in [-0.2, -0.15) is 0 Å². The number of nitrogens with zero attached hydrogens (tertiary/aromatic N) is 2. The van der Waals surface area contributed by atoms with Crippen molar-refractivity contribution in [2.24, 2.45) is 0 Å². The second-order valence-corrected chi connectivity index (χ2v) is 6.64. The number of carboxylic acid groups (broad SMARTS) is 1. The molecule has 5 heteroatoms. The van der Waals surface area contributed by atoms with Crippen molar-refractivity contribution in [3.8, 4) is 11.3 Å². The van der Waals surface area contributed by atoms with Crippen LogP contribution in [-0.4, -0.2) is 29.1 Å². The van der Waals surface area contributed by atoms with Crippen LogP contribution in [0, 0.1) is 0 Å². The molecule has 0 atom stereocenters. The molecule has 0 radical (unpaired) electrons. The van der Waals surface area contributed by atoms with Gasteiger partial charge in [0.1, 0.15) is 0 Å². The Balaban J connectivity index is 2.07. The molecule has 0 bridgehead atoms. The number of halogens is 1. The number of benzene rings is 2. The second kappa shape index (κ2) is 6.37. The van der Waals surface area contributed by atoms with E-state index < -0.39 is 5.97 Å². The van der Waals surface area contributed by atoms with Gasteiger partial charge in [0, 0.05) is 29.1 Å². The lowest BCUT2D eigenvalue weighted by Gasteiger charge is -2.24. The molecule has 0 amide bonds. The molecule has 1 fully saturated rings. The summed E-state index contributed by atoms with van der Waals surface area (Å²) in [5.41, 5.74) is 3.31. The first-order valence-corrected chi connectivity index (χ1v) is 8.70. The molecule has 2 heterocycles. The number of rotatable bonds is 3. The summed E-state index contributed by atoms with van der Waals surface area (Å²) < 4.78 is 0. The van der Waals surface area contributed by atoms with E-state index in [-0.39, 0.29) is 0 Å². The normalized spacial score (nSPS) is 14.2. The maximum absolute atomic E-state index is 12.2. The van der Waals surface area contributed by atoms with Gasteiger partial charge in [-0.05, 0) is 31.0 Å². The van der Waals surface area contributed by atoms with Crippen LogP contribution in [0.1, 0.15) is 23.2 Å². The van der Waals surface area contributed by atoms with Crippen LogP contribution in [0.5, 0.6) is 0 Å². The minimum Gasteiger partial charge on any atom is -0.478 e. The number of aromatic nitrogens is 1. The average Bonchev–Trinajstić information content (AvgIpc) is 3.15. The zero-order valence-corrected chi connectivity index (χ0v) is 14.3. The van der Waals surface area contributed by atoms with Crippen LogP contribution < -0.4 is 4.90 Å². The number of pyridine rings is 1. The molecule has 1 N–H and O–H groups in total. The van der Waals surface area contributed by atoms with Crippen LogP contribution in [0.2, 0.25) is 5.02 Å². The molecule has 0 spiro atoms. The van der Waals surface area contributed by atoms with Crippen molar-refractivity contribution in [3.05, 3.63) is 59.1 Å². The van der Waals surface area contributed by atoms with E-state index in [4.69, 9.17) is 16.6 Å². The molecule has 1 aromatic heterocycles. The number of anilines is 1. The van der Waals surface area contributed by atoms with E-state index >= 15 is 0 Å². The summed E-state index contributed by atoms with van der Waals surface area (Å²) in [5, 5.41) is 11.3. The van der Waals surface area contributed by atoms with Gasteiger partial charge in [0.05, 0.1) is 22.5 Å². The molecular weight excluding hydrogens is 336 g/mol. The highest BCUT2D eigenvalue weighted by Gasteiger charge is 2.26. The standard InChI is InChI=1S/C20H17ClN2O2/c21-14-9-7-13(8-10-14)18-19(23-11-3-4-12-23)17(20(24)25)15-5-1-2-6-16(15)22-18/h1-2,5-10H,3-4,11-12H2,(H,24,25). The van der Waals surface area contributed by atoms with E-state index in [0.717, 1.165) is 31.5 Å². The number of hydrogen-bond acceptors (Lipinski definition) is 3. The van der Waals surface area contributed by atoms with Gasteiger partial charge in [-0.15, -0.1) is 0 Å². The first kappa shape index (κ1) is 15.9. The molecule has 1 aliphatic rings. The number of para-hydroxylation sites is 1. The van der Waals surface area contributed by atoms with Crippen molar-refractivity contribution in [1.82, 2.24) is 4.98 Å². The Morgan fingerprint density at radius 1 is 1.04 bits per heavy atom. The summed E-state index contributed by atoms with van der Waals surface area (Å²) in [6, 6.07) is 14.8. The maximum Gasteiger partial charge on any atom is 0.338 e. The highest BCUT2D eigenvalue weighted by atomic mass is 35.5. The molecule has 3 aromatic rings. The predicted octanol–water partition coefficient (Wildman–Crippen LogP) is 4.85. The molecule has 126 valence electrons.